The third kappa shape index (κ3) is 4.20. The fraction of sp³-hybridized carbons (Fsp3) is 0.533. The lowest BCUT2D eigenvalue weighted by molar-refractivity contribution is -0.137. The molecule has 1 fully saturated rings. The van der Waals surface area contributed by atoms with Crippen LogP contribution in [0.1, 0.15) is 18.1 Å². The molecule has 1 amide bonds. The normalized spacial score (nSPS) is 22.8. The van der Waals surface area contributed by atoms with E-state index in [1.165, 1.54) is 19.1 Å². The fourth-order valence-corrected chi connectivity index (χ4v) is 2.76. The number of aliphatic hydroxyl groups excluding tert-OH is 1. The number of benzene rings is 1. The van der Waals surface area contributed by atoms with E-state index >= 15 is 0 Å². The van der Waals surface area contributed by atoms with E-state index in [4.69, 9.17) is 0 Å². The van der Waals surface area contributed by atoms with Crippen molar-refractivity contribution in [3.05, 3.63) is 35.4 Å². The first kappa shape index (κ1) is 16.8. The van der Waals surface area contributed by atoms with Gasteiger partial charge in [0.25, 0.3) is 0 Å². The highest BCUT2D eigenvalue weighted by molar-refractivity contribution is 5.73. The number of alkyl halides is 3. The molecule has 2 N–H and O–H groups in total. The first-order valence-corrected chi connectivity index (χ1v) is 7.06. The number of carbonyl (C=O) groups excluding carboxylic acids is 1. The molecule has 1 aromatic rings. The second-order valence-corrected chi connectivity index (χ2v) is 5.64. The number of carbonyl (C=O) groups is 1. The minimum absolute atomic E-state index is 0.0333. The third-order valence-electron chi connectivity index (χ3n) is 3.83. The van der Waals surface area contributed by atoms with Gasteiger partial charge in [0.05, 0.1) is 5.56 Å². The van der Waals surface area contributed by atoms with Gasteiger partial charge in [-0.3, -0.25) is 9.69 Å². The van der Waals surface area contributed by atoms with E-state index in [0.29, 0.717) is 19.6 Å². The van der Waals surface area contributed by atoms with Gasteiger partial charge in [0.2, 0.25) is 5.91 Å². The largest absolute Gasteiger partial charge is 0.416 e. The smallest absolute Gasteiger partial charge is 0.396 e. The number of amides is 1. The Morgan fingerprint density at radius 2 is 1.95 bits per heavy atom. The lowest BCUT2D eigenvalue weighted by Gasteiger charge is -2.17. The summed E-state index contributed by atoms with van der Waals surface area (Å²) in [6, 6.07) is 4.93. The van der Waals surface area contributed by atoms with Crippen LogP contribution in [0.3, 0.4) is 0 Å². The van der Waals surface area contributed by atoms with E-state index in [1.54, 1.807) is 0 Å². The highest BCUT2D eigenvalue weighted by Crippen LogP contribution is 2.29. The Balaban J connectivity index is 1.98. The number of aliphatic hydroxyl groups is 1. The molecule has 7 heteroatoms. The number of nitrogens with zero attached hydrogens (tertiary/aromatic N) is 1. The second kappa shape index (κ2) is 6.66. The Labute approximate surface area is 126 Å². The van der Waals surface area contributed by atoms with E-state index in [9.17, 15) is 23.1 Å². The number of rotatable bonds is 4. The van der Waals surface area contributed by atoms with Gasteiger partial charge in [0.1, 0.15) is 0 Å². The summed E-state index contributed by atoms with van der Waals surface area (Å²) in [6.45, 7) is 3.06. The van der Waals surface area contributed by atoms with Crippen LogP contribution >= 0.6 is 0 Å². The molecule has 0 unspecified atom stereocenters. The molecule has 1 aliphatic rings. The maximum atomic E-state index is 12.5. The van der Waals surface area contributed by atoms with Gasteiger partial charge < -0.3 is 10.4 Å². The summed E-state index contributed by atoms with van der Waals surface area (Å²) in [7, 11) is 0. The van der Waals surface area contributed by atoms with E-state index in [1.807, 2.05) is 4.90 Å². The molecule has 1 aliphatic heterocycles. The highest BCUT2D eigenvalue weighted by atomic mass is 19.4. The maximum absolute atomic E-state index is 12.5. The minimum Gasteiger partial charge on any atom is -0.396 e. The SMILES string of the molecule is CC(=O)N[C@@H]1CN(Cc2ccc(C(F)(F)F)cc2)C[C@H]1CO. The van der Waals surface area contributed by atoms with Crippen LogP contribution in [0.15, 0.2) is 24.3 Å². The van der Waals surface area contributed by atoms with Crippen LogP contribution in [0.2, 0.25) is 0 Å². The third-order valence-corrected chi connectivity index (χ3v) is 3.83. The molecule has 2 rings (SSSR count). The summed E-state index contributed by atoms with van der Waals surface area (Å²) < 4.78 is 37.5. The predicted octanol–water partition coefficient (Wildman–Crippen LogP) is 1.63. The number of likely N-dealkylation sites (tertiary alicyclic amines) is 1. The van der Waals surface area contributed by atoms with E-state index in [0.717, 1.165) is 17.7 Å². The molecule has 0 bridgehead atoms. The number of hydrogen-bond acceptors (Lipinski definition) is 3. The van der Waals surface area contributed by atoms with Crippen molar-refractivity contribution in [1.82, 2.24) is 10.2 Å². The molecule has 22 heavy (non-hydrogen) atoms. The molecule has 1 saturated heterocycles. The average molecular weight is 316 g/mol. The highest BCUT2D eigenvalue weighted by Gasteiger charge is 2.33. The fourth-order valence-electron chi connectivity index (χ4n) is 2.76. The first-order valence-electron chi connectivity index (χ1n) is 7.06. The van der Waals surface area contributed by atoms with Gasteiger partial charge in [-0.25, -0.2) is 0 Å². The number of nitrogens with one attached hydrogen (secondary N) is 1. The van der Waals surface area contributed by atoms with Gasteiger partial charge in [-0.1, -0.05) is 12.1 Å². The molecule has 0 radical (unpaired) electrons. The molecular weight excluding hydrogens is 297 g/mol. The molecule has 0 aromatic heterocycles. The topological polar surface area (TPSA) is 52.6 Å². The Kier molecular flexibility index (Phi) is 5.08. The molecule has 0 saturated carbocycles. The lowest BCUT2D eigenvalue weighted by atomic mass is 10.1. The van der Waals surface area contributed by atoms with Gasteiger partial charge in [-0.15, -0.1) is 0 Å². The van der Waals surface area contributed by atoms with Crippen molar-refractivity contribution in [2.45, 2.75) is 25.7 Å². The van der Waals surface area contributed by atoms with Crippen LogP contribution in [0, 0.1) is 5.92 Å². The average Bonchev–Trinajstić information content (AvgIpc) is 2.79. The zero-order valence-electron chi connectivity index (χ0n) is 12.2. The molecule has 1 aromatic carbocycles. The van der Waals surface area contributed by atoms with Crippen molar-refractivity contribution in [3.8, 4) is 0 Å². The summed E-state index contributed by atoms with van der Waals surface area (Å²) in [4.78, 5) is 13.2. The quantitative estimate of drug-likeness (QED) is 0.888. The predicted molar refractivity (Wildman–Crippen MR) is 74.9 cm³/mol. The van der Waals surface area contributed by atoms with E-state index in [-0.39, 0.29) is 24.5 Å². The van der Waals surface area contributed by atoms with Crippen molar-refractivity contribution in [1.29, 1.82) is 0 Å². The van der Waals surface area contributed by atoms with Gasteiger partial charge in [-0.05, 0) is 17.7 Å². The number of halogens is 3. The summed E-state index contributed by atoms with van der Waals surface area (Å²) in [5.74, 6) is -0.210. The zero-order chi connectivity index (χ0) is 16.3. The minimum atomic E-state index is -4.33. The lowest BCUT2D eigenvalue weighted by Crippen LogP contribution is -2.40. The van der Waals surface area contributed by atoms with Crippen molar-refractivity contribution in [3.63, 3.8) is 0 Å². The molecular formula is C15H19F3N2O2. The van der Waals surface area contributed by atoms with Crippen molar-refractivity contribution in [2.75, 3.05) is 19.7 Å². The molecule has 1 heterocycles. The molecule has 122 valence electrons. The summed E-state index contributed by atoms with van der Waals surface area (Å²) in [6.07, 6.45) is -4.33. The Hall–Kier alpha value is -1.60. The van der Waals surface area contributed by atoms with E-state index < -0.39 is 11.7 Å². The first-order chi connectivity index (χ1) is 10.3. The van der Waals surface area contributed by atoms with Gasteiger partial charge >= 0.3 is 6.18 Å². The summed E-state index contributed by atoms with van der Waals surface area (Å²) >= 11 is 0. The van der Waals surface area contributed by atoms with Gasteiger partial charge in [-0.2, -0.15) is 13.2 Å². The maximum Gasteiger partial charge on any atom is 0.416 e. The van der Waals surface area contributed by atoms with Gasteiger partial charge in [0, 0.05) is 45.1 Å². The monoisotopic (exact) mass is 316 g/mol. The summed E-state index contributed by atoms with van der Waals surface area (Å²) in [5, 5.41) is 12.2. The molecule has 0 spiro atoms. The summed E-state index contributed by atoms with van der Waals surface area (Å²) in [5.41, 5.74) is 0.107. The van der Waals surface area contributed by atoms with Crippen LogP contribution in [0.25, 0.3) is 0 Å². The Bertz CT molecular complexity index is 517. The Morgan fingerprint density at radius 3 is 2.45 bits per heavy atom. The zero-order valence-corrected chi connectivity index (χ0v) is 12.2. The van der Waals surface area contributed by atoms with Crippen LogP contribution in [0.4, 0.5) is 13.2 Å². The van der Waals surface area contributed by atoms with Crippen molar-refractivity contribution < 1.29 is 23.1 Å². The molecule has 0 aliphatic carbocycles. The van der Waals surface area contributed by atoms with Crippen LogP contribution in [0.5, 0.6) is 0 Å². The molecule has 2 atom stereocenters. The van der Waals surface area contributed by atoms with Crippen molar-refractivity contribution in [2.24, 2.45) is 5.92 Å². The molecule has 4 nitrogen and oxygen atoms in total. The Morgan fingerprint density at radius 1 is 1.32 bits per heavy atom. The number of hydrogen-bond donors (Lipinski definition) is 2. The van der Waals surface area contributed by atoms with Crippen molar-refractivity contribution >= 4 is 5.91 Å². The van der Waals surface area contributed by atoms with Crippen LogP contribution in [-0.2, 0) is 17.5 Å². The van der Waals surface area contributed by atoms with Gasteiger partial charge in [0.15, 0.2) is 0 Å². The standard InChI is InChI=1S/C15H19F3N2O2/c1-10(22)19-14-8-20(7-12(14)9-21)6-11-2-4-13(5-3-11)15(16,17)18/h2-5,12,14,21H,6-9H2,1H3,(H,19,22)/t12-,14+/m0/s1. The van der Waals surface area contributed by atoms with E-state index in [2.05, 4.69) is 5.32 Å². The second-order valence-electron chi connectivity index (χ2n) is 5.64. The van der Waals surface area contributed by atoms with Crippen LogP contribution in [-0.4, -0.2) is 41.7 Å². The van der Waals surface area contributed by atoms with Crippen LogP contribution < -0.4 is 5.32 Å².